The molecule has 1 aromatic carbocycles. The molecule has 100 valence electrons. The topological polar surface area (TPSA) is 60.5 Å². The molecule has 0 unspecified atom stereocenters. The van der Waals surface area contributed by atoms with Gasteiger partial charge in [-0.1, -0.05) is 0 Å². The number of anilines is 2. The first kappa shape index (κ1) is 13.3. The lowest BCUT2D eigenvalue weighted by Gasteiger charge is -2.06. The van der Waals surface area contributed by atoms with Crippen LogP contribution in [0.4, 0.5) is 15.2 Å². The van der Waals surface area contributed by atoms with Crippen LogP contribution in [0.1, 0.15) is 10.5 Å². The Morgan fingerprint density at radius 3 is 2.89 bits per heavy atom. The zero-order chi connectivity index (χ0) is 13.8. The summed E-state index contributed by atoms with van der Waals surface area (Å²) in [7, 11) is 2.77. The highest BCUT2D eigenvalue weighted by molar-refractivity contribution is 7.14. The molecule has 0 spiro atoms. The van der Waals surface area contributed by atoms with E-state index in [9.17, 15) is 9.18 Å². The lowest BCUT2D eigenvalue weighted by atomic mass is 10.3. The molecule has 0 amide bonds. The summed E-state index contributed by atoms with van der Waals surface area (Å²) in [6, 6.07) is 4.31. The summed E-state index contributed by atoms with van der Waals surface area (Å²) in [5, 5.41) is 4.72. The lowest BCUT2D eigenvalue weighted by molar-refractivity contribution is 0.0595. The maximum Gasteiger partial charge on any atom is 0.357 e. The summed E-state index contributed by atoms with van der Waals surface area (Å²) >= 11 is 1.18. The molecule has 2 aromatic rings. The van der Waals surface area contributed by atoms with E-state index in [2.05, 4.69) is 15.0 Å². The Balaban J connectivity index is 2.21. The molecule has 0 aliphatic rings. The molecule has 19 heavy (non-hydrogen) atoms. The van der Waals surface area contributed by atoms with Crippen molar-refractivity contribution in [2.24, 2.45) is 0 Å². The molecule has 1 N–H and O–H groups in total. The summed E-state index contributed by atoms with van der Waals surface area (Å²) in [4.78, 5) is 15.2. The number of aromatic nitrogens is 1. The summed E-state index contributed by atoms with van der Waals surface area (Å²) in [5.74, 6) is -0.445. The Hall–Kier alpha value is -2.15. The van der Waals surface area contributed by atoms with Crippen LogP contribution in [-0.2, 0) is 4.74 Å². The molecule has 0 radical (unpaired) electrons. The van der Waals surface area contributed by atoms with Crippen LogP contribution in [0.3, 0.4) is 0 Å². The monoisotopic (exact) mass is 282 g/mol. The fourth-order valence-electron chi connectivity index (χ4n) is 1.37. The molecule has 1 aromatic heterocycles. The smallest absolute Gasteiger partial charge is 0.357 e. The van der Waals surface area contributed by atoms with Crippen molar-refractivity contribution in [3.05, 3.63) is 35.1 Å². The van der Waals surface area contributed by atoms with Gasteiger partial charge in [0.25, 0.3) is 0 Å². The van der Waals surface area contributed by atoms with Crippen LogP contribution < -0.4 is 10.1 Å². The van der Waals surface area contributed by atoms with E-state index < -0.39 is 11.8 Å². The van der Waals surface area contributed by atoms with E-state index in [1.165, 1.54) is 49.1 Å². The number of thiazole rings is 1. The summed E-state index contributed by atoms with van der Waals surface area (Å²) in [6.45, 7) is 0. The molecule has 7 heteroatoms. The van der Waals surface area contributed by atoms with Gasteiger partial charge in [-0.2, -0.15) is 0 Å². The third-order valence-corrected chi connectivity index (χ3v) is 3.07. The van der Waals surface area contributed by atoms with Crippen LogP contribution in [0.15, 0.2) is 23.6 Å². The molecule has 0 fully saturated rings. The third kappa shape index (κ3) is 3.00. The Bertz CT molecular complexity index is 600. The standard InChI is InChI=1S/C12H11FN2O3S/c1-17-7-3-4-8(13)9(5-7)14-12-15-10(6-19-12)11(16)18-2/h3-6H,1-2H3,(H,14,15). The normalized spacial score (nSPS) is 10.1. The molecular weight excluding hydrogens is 271 g/mol. The maximum atomic E-state index is 13.6. The first-order valence-electron chi connectivity index (χ1n) is 5.28. The van der Waals surface area contributed by atoms with Gasteiger partial charge in [0.05, 0.1) is 19.9 Å². The minimum absolute atomic E-state index is 0.179. The third-order valence-electron chi connectivity index (χ3n) is 2.31. The fraction of sp³-hybridized carbons (Fsp3) is 0.167. The van der Waals surface area contributed by atoms with Gasteiger partial charge in [0, 0.05) is 11.4 Å². The number of nitrogens with one attached hydrogen (secondary N) is 1. The van der Waals surface area contributed by atoms with Crippen LogP contribution in [0.25, 0.3) is 0 Å². The molecular formula is C12H11FN2O3S. The summed E-state index contributed by atoms with van der Waals surface area (Å²) in [6.07, 6.45) is 0. The first-order valence-corrected chi connectivity index (χ1v) is 6.16. The van der Waals surface area contributed by atoms with Crippen molar-refractivity contribution in [1.82, 2.24) is 4.98 Å². The quantitative estimate of drug-likeness (QED) is 0.874. The van der Waals surface area contributed by atoms with Crippen LogP contribution in [-0.4, -0.2) is 25.2 Å². The average molecular weight is 282 g/mol. The molecule has 5 nitrogen and oxygen atoms in total. The van der Waals surface area contributed by atoms with Gasteiger partial charge >= 0.3 is 5.97 Å². The van der Waals surface area contributed by atoms with Gasteiger partial charge in [-0.25, -0.2) is 14.2 Å². The Kier molecular flexibility index (Phi) is 3.96. The summed E-state index contributed by atoms with van der Waals surface area (Å²) in [5.41, 5.74) is 0.406. The van der Waals surface area contributed by atoms with Crippen LogP contribution in [0, 0.1) is 5.82 Å². The van der Waals surface area contributed by atoms with Gasteiger partial charge in [0.15, 0.2) is 10.8 Å². The van der Waals surface area contributed by atoms with Crippen molar-refractivity contribution in [2.45, 2.75) is 0 Å². The van der Waals surface area contributed by atoms with Crippen molar-refractivity contribution in [2.75, 3.05) is 19.5 Å². The Morgan fingerprint density at radius 2 is 2.21 bits per heavy atom. The number of nitrogens with zero attached hydrogens (tertiary/aromatic N) is 1. The number of halogens is 1. The number of benzene rings is 1. The Labute approximate surface area is 113 Å². The highest BCUT2D eigenvalue weighted by atomic mass is 32.1. The number of carbonyl (C=O) groups excluding carboxylic acids is 1. The predicted molar refractivity (Wildman–Crippen MR) is 69.7 cm³/mol. The minimum atomic E-state index is -0.532. The van der Waals surface area contributed by atoms with E-state index in [1.54, 1.807) is 0 Å². The van der Waals surface area contributed by atoms with Gasteiger partial charge in [-0.3, -0.25) is 0 Å². The molecule has 2 rings (SSSR count). The van der Waals surface area contributed by atoms with E-state index in [0.29, 0.717) is 10.9 Å². The summed E-state index contributed by atoms with van der Waals surface area (Å²) < 4.78 is 23.1. The van der Waals surface area contributed by atoms with Crippen LogP contribution >= 0.6 is 11.3 Å². The van der Waals surface area contributed by atoms with Crippen molar-refractivity contribution < 1.29 is 18.7 Å². The number of carbonyl (C=O) groups is 1. The van der Waals surface area contributed by atoms with Crippen molar-refractivity contribution in [3.63, 3.8) is 0 Å². The van der Waals surface area contributed by atoms with E-state index in [-0.39, 0.29) is 11.4 Å². The number of rotatable bonds is 4. The highest BCUT2D eigenvalue weighted by Crippen LogP contribution is 2.26. The van der Waals surface area contributed by atoms with E-state index in [4.69, 9.17) is 4.74 Å². The average Bonchev–Trinajstić information content (AvgIpc) is 2.89. The number of methoxy groups -OCH3 is 2. The molecule has 0 atom stereocenters. The van der Waals surface area contributed by atoms with Gasteiger partial charge in [0.1, 0.15) is 11.6 Å². The number of ether oxygens (including phenoxy) is 2. The first-order chi connectivity index (χ1) is 9.13. The Morgan fingerprint density at radius 1 is 1.42 bits per heavy atom. The van der Waals surface area contributed by atoms with Crippen molar-refractivity contribution >= 4 is 28.1 Å². The van der Waals surface area contributed by atoms with Crippen LogP contribution in [0.2, 0.25) is 0 Å². The van der Waals surface area contributed by atoms with E-state index in [1.807, 2.05) is 0 Å². The van der Waals surface area contributed by atoms with Crippen LogP contribution in [0.5, 0.6) is 5.75 Å². The molecule has 0 bridgehead atoms. The van der Waals surface area contributed by atoms with E-state index in [0.717, 1.165) is 0 Å². The second-order valence-corrected chi connectivity index (χ2v) is 4.36. The maximum absolute atomic E-state index is 13.6. The van der Waals surface area contributed by atoms with Gasteiger partial charge in [0.2, 0.25) is 0 Å². The molecule has 0 aliphatic heterocycles. The molecule has 1 heterocycles. The minimum Gasteiger partial charge on any atom is -0.497 e. The SMILES string of the molecule is COC(=O)c1csc(Nc2cc(OC)ccc2F)n1. The number of esters is 1. The fourth-order valence-corrected chi connectivity index (χ4v) is 2.06. The van der Waals surface area contributed by atoms with E-state index >= 15 is 0 Å². The molecule has 0 saturated carbocycles. The lowest BCUT2D eigenvalue weighted by Crippen LogP contribution is -2.02. The highest BCUT2D eigenvalue weighted by Gasteiger charge is 2.12. The second kappa shape index (κ2) is 5.66. The number of hydrogen-bond donors (Lipinski definition) is 1. The molecule has 0 aliphatic carbocycles. The zero-order valence-electron chi connectivity index (χ0n) is 10.3. The molecule has 0 saturated heterocycles. The van der Waals surface area contributed by atoms with Crippen molar-refractivity contribution in [1.29, 1.82) is 0 Å². The predicted octanol–water partition coefficient (Wildman–Crippen LogP) is 2.82. The second-order valence-electron chi connectivity index (χ2n) is 3.50. The van der Waals surface area contributed by atoms with Gasteiger partial charge < -0.3 is 14.8 Å². The van der Waals surface area contributed by atoms with Gasteiger partial charge in [-0.15, -0.1) is 11.3 Å². The number of hydrogen-bond acceptors (Lipinski definition) is 6. The van der Waals surface area contributed by atoms with Crippen molar-refractivity contribution in [3.8, 4) is 5.75 Å². The largest absolute Gasteiger partial charge is 0.497 e. The zero-order valence-corrected chi connectivity index (χ0v) is 11.1. The van der Waals surface area contributed by atoms with Gasteiger partial charge in [-0.05, 0) is 12.1 Å².